The van der Waals surface area contributed by atoms with Crippen LogP contribution in [0.15, 0.2) is 24.3 Å². The van der Waals surface area contributed by atoms with Crippen molar-refractivity contribution in [3.8, 4) is 0 Å². The van der Waals surface area contributed by atoms with E-state index in [0.29, 0.717) is 32.6 Å². The molecule has 0 aromatic heterocycles. The number of nitrogens with zero attached hydrogens (tertiary/aromatic N) is 2. The molecule has 1 aromatic carbocycles. The zero-order valence-electron chi connectivity index (χ0n) is 17.8. The van der Waals surface area contributed by atoms with Gasteiger partial charge in [0.2, 0.25) is 15.9 Å². The summed E-state index contributed by atoms with van der Waals surface area (Å²) in [4.78, 5) is 27.0. The molecule has 2 fully saturated rings. The minimum Gasteiger partial charge on any atom is -0.341 e. The highest BCUT2D eigenvalue weighted by Gasteiger charge is 2.38. The van der Waals surface area contributed by atoms with Crippen molar-refractivity contribution in [2.45, 2.75) is 45.1 Å². The standard InChI is InChI=1S/C21H32N4O4S/c1-16-8-10-18(11-9-16)23-21(27)22-14-17-6-5-12-24(15-17)20(26)19-7-3-4-13-25(19)30(2,28)29/h8-11,17,19H,3-7,12-15H2,1-2H3,(H2,22,23,27). The first-order valence-corrected chi connectivity index (χ1v) is 12.5. The average Bonchev–Trinajstić information content (AvgIpc) is 2.73. The summed E-state index contributed by atoms with van der Waals surface area (Å²) >= 11 is 0. The second-order valence-electron chi connectivity index (χ2n) is 8.38. The highest BCUT2D eigenvalue weighted by molar-refractivity contribution is 7.88. The molecule has 8 nitrogen and oxygen atoms in total. The van der Waals surface area contributed by atoms with E-state index in [2.05, 4.69) is 10.6 Å². The van der Waals surface area contributed by atoms with Crippen molar-refractivity contribution in [1.29, 1.82) is 0 Å². The Labute approximate surface area is 179 Å². The van der Waals surface area contributed by atoms with Crippen molar-refractivity contribution < 1.29 is 18.0 Å². The van der Waals surface area contributed by atoms with Crippen molar-refractivity contribution in [3.05, 3.63) is 29.8 Å². The van der Waals surface area contributed by atoms with Crippen LogP contribution < -0.4 is 10.6 Å². The number of amides is 3. The number of nitrogens with one attached hydrogen (secondary N) is 2. The van der Waals surface area contributed by atoms with E-state index in [4.69, 9.17) is 0 Å². The Balaban J connectivity index is 1.52. The Morgan fingerprint density at radius 1 is 1.07 bits per heavy atom. The van der Waals surface area contributed by atoms with Crippen LogP contribution in [-0.4, -0.2) is 68.0 Å². The molecule has 3 amide bonds. The Kier molecular flexibility index (Phi) is 7.36. The summed E-state index contributed by atoms with van der Waals surface area (Å²) in [6, 6.07) is 6.72. The molecule has 2 saturated heterocycles. The fraction of sp³-hybridized carbons (Fsp3) is 0.619. The van der Waals surface area contributed by atoms with Gasteiger partial charge < -0.3 is 15.5 Å². The minimum atomic E-state index is -3.41. The summed E-state index contributed by atoms with van der Waals surface area (Å²) in [5.41, 5.74) is 1.86. The van der Waals surface area contributed by atoms with Crippen LogP contribution >= 0.6 is 0 Å². The van der Waals surface area contributed by atoms with Crippen LogP contribution in [0.1, 0.15) is 37.7 Å². The van der Waals surface area contributed by atoms with Gasteiger partial charge in [-0.2, -0.15) is 4.31 Å². The number of carbonyl (C=O) groups is 2. The summed E-state index contributed by atoms with van der Waals surface area (Å²) in [5, 5.41) is 5.71. The van der Waals surface area contributed by atoms with E-state index in [1.807, 2.05) is 31.2 Å². The number of hydrogen-bond donors (Lipinski definition) is 2. The average molecular weight is 437 g/mol. The predicted molar refractivity (Wildman–Crippen MR) is 117 cm³/mol. The number of carbonyl (C=O) groups excluding carboxylic acids is 2. The van der Waals surface area contributed by atoms with Crippen LogP contribution in [0.2, 0.25) is 0 Å². The maximum atomic E-state index is 13.1. The van der Waals surface area contributed by atoms with E-state index in [1.54, 1.807) is 4.90 Å². The van der Waals surface area contributed by atoms with E-state index in [9.17, 15) is 18.0 Å². The van der Waals surface area contributed by atoms with Gasteiger partial charge in [-0.1, -0.05) is 24.1 Å². The lowest BCUT2D eigenvalue weighted by molar-refractivity contribution is -0.138. The molecule has 2 unspecified atom stereocenters. The fourth-order valence-corrected chi connectivity index (χ4v) is 5.36. The third kappa shape index (κ3) is 5.95. The first-order chi connectivity index (χ1) is 14.2. The summed E-state index contributed by atoms with van der Waals surface area (Å²) in [7, 11) is -3.41. The van der Waals surface area contributed by atoms with E-state index in [1.165, 1.54) is 10.6 Å². The van der Waals surface area contributed by atoms with Gasteiger partial charge in [0.1, 0.15) is 6.04 Å². The number of urea groups is 1. The van der Waals surface area contributed by atoms with Gasteiger partial charge in [-0.05, 0) is 50.7 Å². The van der Waals surface area contributed by atoms with E-state index in [-0.39, 0.29) is 17.9 Å². The van der Waals surface area contributed by atoms with Crippen molar-refractivity contribution >= 4 is 27.6 Å². The van der Waals surface area contributed by atoms with Crippen molar-refractivity contribution in [2.75, 3.05) is 37.8 Å². The molecular weight excluding hydrogens is 404 g/mol. The molecule has 1 aromatic rings. The van der Waals surface area contributed by atoms with E-state index < -0.39 is 16.1 Å². The van der Waals surface area contributed by atoms with E-state index in [0.717, 1.165) is 36.9 Å². The first-order valence-electron chi connectivity index (χ1n) is 10.6. The Bertz CT molecular complexity index is 856. The minimum absolute atomic E-state index is 0.103. The Morgan fingerprint density at radius 2 is 1.80 bits per heavy atom. The normalized spacial score (nSPS) is 23.1. The zero-order valence-corrected chi connectivity index (χ0v) is 18.6. The molecule has 2 atom stereocenters. The van der Waals surface area contributed by atoms with Gasteiger partial charge in [-0.15, -0.1) is 0 Å². The molecule has 0 bridgehead atoms. The SMILES string of the molecule is Cc1ccc(NC(=O)NCC2CCCN(C(=O)C3CCCCN3S(C)(=O)=O)C2)cc1. The number of rotatable bonds is 5. The van der Waals surface area contributed by atoms with Gasteiger partial charge >= 0.3 is 6.03 Å². The number of likely N-dealkylation sites (tertiary alicyclic amines) is 1. The molecule has 0 saturated carbocycles. The monoisotopic (exact) mass is 436 g/mol. The molecule has 3 rings (SSSR count). The molecule has 166 valence electrons. The van der Waals surface area contributed by atoms with Gasteiger partial charge in [0, 0.05) is 31.9 Å². The van der Waals surface area contributed by atoms with Crippen LogP contribution in [0.25, 0.3) is 0 Å². The third-order valence-electron chi connectivity index (χ3n) is 5.86. The smallest absolute Gasteiger partial charge is 0.319 e. The van der Waals surface area contributed by atoms with Gasteiger partial charge in [-0.25, -0.2) is 13.2 Å². The van der Waals surface area contributed by atoms with Crippen LogP contribution in [-0.2, 0) is 14.8 Å². The number of piperidine rings is 2. The van der Waals surface area contributed by atoms with Crippen molar-refractivity contribution in [1.82, 2.24) is 14.5 Å². The summed E-state index contributed by atoms with van der Waals surface area (Å²) in [5.74, 6) is 0.0515. The van der Waals surface area contributed by atoms with E-state index >= 15 is 0 Å². The summed E-state index contributed by atoms with van der Waals surface area (Å²) in [6.07, 6.45) is 5.18. The first kappa shape index (κ1) is 22.6. The number of aryl methyl sites for hydroxylation is 1. The molecule has 0 radical (unpaired) electrons. The largest absolute Gasteiger partial charge is 0.341 e. The Morgan fingerprint density at radius 3 is 2.50 bits per heavy atom. The molecule has 9 heteroatoms. The maximum absolute atomic E-state index is 13.1. The lowest BCUT2D eigenvalue weighted by atomic mass is 9.96. The van der Waals surface area contributed by atoms with Crippen LogP contribution in [0.5, 0.6) is 0 Å². The number of benzene rings is 1. The van der Waals surface area contributed by atoms with Crippen LogP contribution in [0.3, 0.4) is 0 Å². The quantitative estimate of drug-likeness (QED) is 0.739. The highest BCUT2D eigenvalue weighted by atomic mass is 32.2. The molecule has 0 aliphatic carbocycles. The van der Waals surface area contributed by atoms with Gasteiger partial charge in [0.25, 0.3) is 0 Å². The second kappa shape index (κ2) is 9.78. The zero-order chi connectivity index (χ0) is 21.7. The molecule has 0 spiro atoms. The highest BCUT2D eigenvalue weighted by Crippen LogP contribution is 2.24. The van der Waals surface area contributed by atoms with Crippen LogP contribution in [0, 0.1) is 12.8 Å². The topological polar surface area (TPSA) is 98.8 Å². The van der Waals surface area contributed by atoms with Gasteiger partial charge in [0.05, 0.1) is 6.26 Å². The molecule has 30 heavy (non-hydrogen) atoms. The Hall–Kier alpha value is -2.13. The fourth-order valence-electron chi connectivity index (χ4n) is 4.24. The van der Waals surface area contributed by atoms with Crippen molar-refractivity contribution in [2.24, 2.45) is 5.92 Å². The number of anilines is 1. The molecular formula is C21H32N4O4S. The second-order valence-corrected chi connectivity index (χ2v) is 10.3. The molecule has 2 heterocycles. The number of hydrogen-bond acceptors (Lipinski definition) is 4. The lowest BCUT2D eigenvalue weighted by Gasteiger charge is -2.39. The number of sulfonamides is 1. The molecule has 2 N–H and O–H groups in total. The van der Waals surface area contributed by atoms with Crippen molar-refractivity contribution in [3.63, 3.8) is 0 Å². The molecule has 2 aliphatic rings. The maximum Gasteiger partial charge on any atom is 0.319 e. The van der Waals surface area contributed by atoms with Crippen LogP contribution in [0.4, 0.5) is 10.5 Å². The van der Waals surface area contributed by atoms with Gasteiger partial charge in [0.15, 0.2) is 0 Å². The predicted octanol–water partition coefficient (Wildman–Crippen LogP) is 2.17. The molecule has 2 aliphatic heterocycles. The summed E-state index contributed by atoms with van der Waals surface area (Å²) < 4.78 is 25.5. The lowest BCUT2D eigenvalue weighted by Crippen LogP contribution is -2.55. The van der Waals surface area contributed by atoms with Gasteiger partial charge in [-0.3, -0.25) is 4.79 Å². The summed E-state index contributed by atoms with van der Waals surface area (Å²) in [6.45, 7) is 4.05. The third-order valence-corrected chi connectivity index (χ3v) is 7.15.